The maximum Gasteiger partial charge on any atom is 0.217 e. The lowest BCUT2D eigenvalue weighted by molar-refractivity contribution is -0.155. The molecule has 0 saturated heterocycles. The molecule has 0 amide bonds. The molecule has 0 bridgehead atoms. The number of hydrogen-bond donors (Lipinski definition) is 0. The molecule has 4 heteroatoms. The topological polar surface area (TPSA) is 35.5 Å². The Morgan fingerprint density at radius 1 is 1.33 bits per heavy atom. The quantitative estimate of drug-likeness (QED) is 0.699. The number of carbonyl (C=O) groups excluding carboxylic acids is 1. The van der Waals surface area contributed by atoms with Crippen LogP contribution in [-0.4, -0.2) is 26.3 Å². The first-order valence-electron chi connectivity index (χ1n) is 4.87. The summed E-state index contributed by atoms with van der Waals surface area (Å²) in [6, 6.07) is 4.05. The molecule has 0 fully saturated rings. The van der Waals surface area contributed by atoms with Crippen LogP contribution in [0.3, 0.4) is 0 Å². The van der Waals surface area contributed by atoms with E-state index in [9.17, 15) is 4.79 Å². The van der Waals surface area contributed by atoms with Crippen molar-refractivity contribution in [2.24, 2.45) is 0 Å². The highest BCUT2D eigenvalue weighted by Crippen LogP contribution is 2.18. The molecular formula is C11H16O3S. The van der Waals surface area contributed by atoms with Crippen LogP contribution >= 0.6 is 11.3 Å². The molecule has 0 spiro atoms. The third-order valence-corrected chi connectivity index (χ3v) is 3.33. The fourth-order valence-electron chi connectivity index (χ4n) is 1.32. The zero-order chi connectivity index (χ0) is 11.3. The standard InChI is InChI=1S/C11H16O3S/c1-4-8-5-6-9(15-8)7-10(12)11(13-2)14-3/h5-6,11H,4,7H2,1-3H3. The molecule has 0 atom stereocenters. The van der Waals surface area contributed by atoms with Crippen molar-refractivity contribution < 1.29 is 14.3 Å². The predicted molar refractivity (Wildman–Crippen MR) is 60.2 cm³/mol. The Hall–Kier alpha value is -0.710. The third-order valence-electron chi connectivity index (χ3n) is 2.11. The Labute approximate surface area is 94.0 Å². The number of rotatable bonds is 6. The van der Waals surface area contributed by atoms with Gasteiger partial charge in [-0.1, -0.05) is 6.92 Å². The van der Waals surface area contributed by atoms with Crippen LogP contribution < -0.4 is 0 Å². The van der Waals surface area contributed by atoms with Gasteiger partial charge in [-0.05, 0) is 18.6 Å². The van der Waals surface area contributed by atoms with E-state index in [1.54, 1.807) is 11.3 Å². The number of thiophene rings is 1. The minimum Gasteiger partial charge on any atom is -0.349 e. The van der Waals surface area contributed by atoms with Gasteiger partial charge in [0.05, 0.1) is 0 Å². The molecule has 1 aromatic rings. The van der Waals surface area contributed by atoms with Crippen molar-refractivity contribution in [1.29, 1.82) is 0 Å². The second-order valence-electron chi connectivity index (χ2n) is 3.17. The van der Waals surface area contributed by atoms with Gasteiger partial charge in [-0.2, -0.15) is 0 Å². The van der Waals surface area contributed by atoms with Crippen LogP contribution in [0.25, 0.3) is 0 Å². The van der Waals surface area contributed by atoms with Crippen LogP contribution in [0, 0.1) is 0 Å². The van der Waals surface area contributed by atoms with Gasteiger partial charge in [0.15, 0.2) is 5.78 Å². The minimum absolute atomic E-state index is 0.0375. The Morgan fingerprint density at radius 2 is 1.93 bits per heavy atom. The minimum atomic E-state index is -0.739. The largest absolute Gasteiger partial charge is 0.349 e. The molecule has 3 nitrogen and oxygen atoms in total. The van der Waals surface area contributed by atoms with E-state index in [2.05, 4.69) is 13.0 Å². The number of carbonyl (C=O) groups is 1. The van der Waals surface area contributed by atoms with Crippen molar-refractivity contribution in [3.63, 3.8) is 0 Å². The zero-order valence-electron chi connectivity index (χ0n) is 9.28. The molecule has 0 aliphatic carbocycles. The molecule has 1 rings (SSSR count). The van der Waals surface area contributed by atoms with Crippen molar-refractivity contribution in [2.45, 2.75) is 26.1 Å². The summed E-state index contributed by atoms with van der Waals surface area (Å²) in [6.07, 6.45) is 0.658. The second-order valence-corrected chi connectivity index (χ2v) is 4.42. The number of methoxy groups -OCH3 is 2. The summed E-state index contributed by atoms with van der Waals surface area (Å²) in [5.74, 6) is -0.0375. The van der Waals surface area contributed by atoms with Gasteiger partial charge in [-0.3, -0.25) is 4.79 Å². The van der Waals surface area contributed by atoms with Gasteiger partial charge >= 0.3 is 0 Å². The molecule has 1 aromatic heterocycles. The van der Waals surface area contributed by atoms with Gasteiger partial charge in [-0.15, -0.1) is 11.3 Å². The van der Waals surface area contributed by atoms with Crippen molar-refractivity contribution in [2.75, 3.05) is 14.2 Å². The molecule has 0 saturated carbocycles. The molecule has 0 aromatic carbocycles. The average Bonchev–Trinajstić information content (AvgIpc) is 2.67. The number of Topliss-reactive ketones (excluding diaryl/α,β-unsaturated/α-hetero) is 1. The van der Waals surface area contributed by atoms with E-state index in [0.717, 1.165) is 11.3 Å². The van der Waals surface area contributed by atoms with Gasteiger partial charge in [0.2, 0.25) is 6.29 Å². The fraction of sp³-hybridized carbons (Fsp3) is 0.545. The van der Waals surface area contributed by atoms with E-state index in [1.807, 2.05) is 6.07 Å². The Kier molecular flexibility index (Phi) is 4.94. The van der Waals surface area contributed by atoms with Crippen molar-refractivity contribution in [3.05, 3.63) is 21.9 Å². The highest BCUT2D eigenvalue weighted by Gasteiger charge is 2.17. The van der Waals surface area contributed by atoms with E-state index >= 15 is 0 Å². The lowest BCUT2D eigenvalue weighted by atomic mass is 10.2. The van der Waals surface area contributed by atoms with Crippen LogP contribution in [0.1, 0.15) is 16.7 Å². The normalized spacial score (nSPS) is 10.9. The van der Waals surface area contributed by atoms with Gasteiger partial charge < -0.3 is 9.47 Å². The first-order valence-corrected chi connectivity index (χ1v) is 5.68. The zero-order valence-corrected chi connectivity index (χ0v) is 10.1. The Bertz CT molecular complexity index is 315. The Balaban J connectivity index is 2.57. The summed E-state index contributed by atoms with van der Waals surface area (Å²) < 4.78 is 9.80. The van der Waals surface area contributed by atoms with Crippen LogP contribution in [0.15, 0.2) is 12.1 Å². The SMILES string of the molecule is CCc1ccc(CC(=O)C(OC)OC)s1. The summed E-state index contributed by atoms with van der Waals surface area (Å²) >= 11 is 1.67. The molecule has 0 aliphatic rings. The highest BCUT2D eigenvalue weighted by atomic mass is 32.1. The van der Waals surface area contributed by atoms with E-state index < -0.39 is 6.29 Å². The first kappa shape index (κ1) is 12.4. The molecular weight excluding hydrogens is 212 g/mol. The highest BCUT2D eigenvalue weighted by molar-refractivity contribution is 7.12. The monoisotopic (exact) mass is 228 g/mol. The van der Waals surface area contributed by atoms with Gasteiger partial charge in [-0.25, -0.2) is 0 Å². The summed E-state index contributed by atoms with van der Waals surface area (Å²) in [6.45, 7) is 2.10. The molecule has 0 radical (unpaired) electrons. The van der Waals surface area contributed by atoms with Gasteiger partial charge in [0.1, 0.15) is 0 Å². The van der Waals surface area contributed by atoms with Gasteiger partial charge in [0.25, 0.3) is 0 Å². The summed E-state index contributed by atoms with van der Waals surface area (Å²) in [5, 5.41) is 0. The Morgan fingerprint density at radius 3 is 2.40 bits per heavy atom. The third kappa shape index (κ3) is 3.41. The molecule has 15 heavy (non-hydrogen) atoms. The molecule has 0 aliphatic heterocycles. The van der Waals surface area contributed by atoms with Crippen molar-refractivity contribution >= 4 is 17.1 Å². The number of aryl methyl sites for hydroxylation is 1. The average molecular weight is 228 g/mol. The van der Waals surface area contributed by atoms with Crippen LogP contribution in [0.2, 0.25) is 0 Å². The molecule has 0 unspecified atom stereocenters. The lowest BCUT2D eigenvalue weighted by Gasteiger charge is -2.10. The van der Waals surface area contributed by atoms with Crippen molar-refractivity contribution in [1.82, 2.24) is 0 Å². The summed E-state index contributed by atoms with van der Waals surface area (Å²) in [5.41, 5.74) is 0. The van der Waals surface area contributed by atoms with Crippen molar-refractivity contribution in [3.8, 4) is 0 Å². The second kappa shape index (κ2) is 6.00. The fourth-order valence-corrected chi connectivity index (χ4v) is 2.29. The van der Waals surface area contributed by atoms with Crippen LogP contribution in [0.4, 0.5) is 0 Å². The van der Waals surface area contributed by atoms with E-state index in [1.165, 1.54) is 19.1 Å². The van der Waals surface area contributed by atoms with E-state index in [-0.39, 0.29) is 5.78 Å². The maximum absolute atomic E-state index is 11.6. The van der Waals surface area contributed by atoms with Gasteiger partial charge in [0, 0.05) is 30.4 Å². The molecule has 0 N–H and O–H groups in total. The smallest absolute Gasteiger partial charge is 0.217 e. The van der Waals surface area contributed by atoms with E-state index in [4.69, 9.17) is 9.47 Å². The molecule has 1 heterocycles. The lowest BCUT2D eigenvalue weighted by Crippen LogP contribution is -2.26. The maximum atomic E-state index is 11.6. The number of hydrogen-bond acceptors (Lipinski definition) is 4. The van der Waals surface area contributed by atoms with Crippen LogP contribution in [-0.2, 0) is 27.1 Å². The predicted octanol–water partition coefficient (Wildman–Crippen LogP) is 2.04. The van der Waals surface area contributed by atoms with E-state index in [0.29, 0.717) is 6.42 Å². The number of ketones is 1. The van der Waals surface area contributed by atoms with Crippen LogP contribution in [0.5, 0.6) is 0 Å². The number of ether oxygens (including phenoxy) is 2. The molecule has 84 valence electrons. The summed E-state index contributed by atoms with van der Waals surface area (Å²) in [4.78, 5) is 14.0. The summed E-state index contributed by atoms with van der Waals surface area (Å²) in [7, 11) is 2.94. The first-order chi connectivity index (χ1) is 7.21.